The van der Waals surface area contributed by atoms with E-state index in [0.29, 0.717) is 17.0 Å². The van der Waals surface area contributed by atoms with Gasteiger partial charge in [0.05, 0.1) is 0 Å². The Balaban J connectivity index is 1.49. The average Bonchev–Trinajstić information content (AvgIpc) is 3.16. The highest BCUT2D eigenvalue weighted by atomic mass is 16.4. The number of nitrogens with one attached hydrogen (secondary N) is 1. The van der Waals surface area contributed by atoms with Crippen molar-refractivity contribution in [3.63, 3.8) is 0 Å². The number of carbonyl (C=O) groups is 2. The molecule has 1 aliphatic rings. The average molecular weight is 361 g/mol. The van der Waals surface area contributed by atoms with Gasteiger partial charge in [-0.2, -0.15) is 0 Å². The maximum atomic E-state index is 12.3. The molecule has 3 aromatic rings. The largest absolute Gasteiger partial charge is 0.403 e. The molecule has 1 amide bonds. The topological polar surface area (TPSA) is 85.1 Å². The summed E-state index contributed by atoms with van der Waals surface area (Å²) in [6, 6.07) is 12.6. The summed E-state index contributed by atoms with van der Waals surface area (Å²) in [7, 11) is 0. The van der Waals surface area contributed by atoms with Gasteiger partial charge >= 0.3 is 6.01 Å². The van der Waals surface area contributed by atoms with Crippen LogP contribution in [0.2, 0.25) is 0 Å². The highest BCUT2D eigenvalue weighted by Crippen LogP contribution is 2.27. The standard InChI is InChI=1S/C21H19N3O3/c1-13(25)14-6-9-16(10-7-14)19(26)22-21-24-23-20(27-21)18-11-8-15-4-2-3-5-17(15)12-18/h6-12H,2-5H2,1H3,(H,22,24,26). The monoisotopic (exact) mass is 361 g/mol. The van der Waals surface area contributed by atoms with E-state index in [4.69, 9.17) is 4.42 Å². The molecule has 0 spiro atoms. The Morgan fingerprint density at radius 2 is 1.63 bits per heavy atom. The van der Waals surface area contributed by atoms with Crippen molar-refractivity contribution in [2.45, 2.75) is 32.6 Å². The zero-order valence-electron chi connectivity index (χ0n) is 15.0. The van der Waals surface area contributed by atoms with Crippen molar-refractivity contribution in [2.75, 3.05) is 5.32 Å². The minimum Gasteiger partial charge on any atom is -0.403 e. The van der Waals surface area contributed by atoms with E-state index >= 15 is 0 Å². The molecule has 1 aliphatic carbocycles. The molecule has 0 saturated carbocycles. The van der Waals surface area contributed by atoms with E-state index in [1.165, 1.54) is 30.9 Å². The first-order chi connectivity index (χ1) is 13.1. The lowest BCUT2D eigenvalue weighted by Gasteiger charge is -2.15. The first-order valence-corrected chi connectivity index (χ1v) is 8.98. The summed E-state index contributed by atoms with van der Waals surface area (Å²) in [6.07, 6.45) is 4.61. The molecule has 0 fully saturated rings. The maximum absolute atomic E-state index is 12.3. The summed E-state index contributed by atoms with van der Waals surface area (Å²) in [5, 5.41) is 10.6. The van der Waals surface area contributed by atoms with Gasteiger partial charge in [0.25, 0.3) is 5.91 Å². The predicted octanol–water partition coefficient (Wildman–Crippen LogP) is 4.07. The van der Waals surface area contributed by atoms with E-state index in [0.717, 1.165) is 18.4 Å². The Hall–Kier alpha value is -3.28. The molecule has 4 rings (SSSR count). The van der Waals surface area contributed by atoms with Crippen LogP contribution in [-0.2, 0) is 12.8 Å². The third-order valence-corrected chi connectivity index (χ3v) is 4.79. The van der Waals surface area contributed by atoms with Crippen LogP contribution in [0.4, 0.5) is 6.01 Å². The number of hydrogen-bond donors (Lipinski definition) is 1. The van der Waals surface area contributed by atoms with Crippen molar-refractivity contribution in [2.24, 2.45) is 0 Å². The normalized spacial score (nSPS) is 13.1. The van der Waals surface area contributed by atoms with Gasteiger partial charge in [-0.05, 0) is 68.0 Å². The van der Waals surface area contributed by atoms with Crippen LogP contribution in [0.25, 0.3) is 11.5 Å². The number of nitrogens with zero attached hydrogens (tertiary/aromatic N) is 2. The number of anilines is 1. The van der Waals surface area contributed by atoms with Crippen molar-refractivity contribution in [3.05, 3.63) is 64.7 Å². The zero-order chi connectivity index (χ0) is 18.8. The van der Waals surface area contributed by atoms with Crippen LogP contribution in [0.3, 0.4) is 0 Å². The van der Waals surface area contributed by atoms with Gasteiger partial charge in [0, 0.05) is 16.7 Å². The van der Waals surface area contributed by atoms with E-state index in [-0.39, 0.29) is 17.7 Å². The smallest absolute Gasteiger partial charge is 0.322 e. The Bertz CT molecular complexity index is 1010. The number of rotatable bonds is 4. The van der Waals surface area contributed by atoms with Crippen LogP contribution in [-0.4, -0.2) is 21.9 Å². The Morgan fingerprint density at radius 1 is 0.926 bits per heavy atom. The van der Waals surface area contributed by atoms with Gasteiger partial charge in [-0.25, -0.2) is 0 Å². The lowest BCUT2D eigenvalue weighted by molar-refractivity contribution is 0.100. The first kappa shape index (κ1) is 17.1. The summed E-state index contributed by atoms with van der Waals surface area (Å²) in [5.74, 6) is -0.0371. The van der Waals surface area contributed by atoms with E-state index < -0.39 is 0 Å². The quantitative estimate of drug-likeness (QED) is 0.708. The second-order valence-electron chi connectivity index (χ2n) is 6.69. The number of ketones is 1. The Morgan fingerprint density at radius 3 is 2.37 bits per heavy atom. The number of Topliss-reactive ketones (excluding diaryl/α,β-unsaturated/α-hetero) is 1. The fraction of sp³-hybridized carbons (Fsp3) is 0.238. The molecule has 6 nitrogen and oxygen atoms in total. The van der Waals surface area contributed by atoms with Crippen molar-refractivity contribution < 1.29 is 14.0 Å². The molecule has 0 bridgehead atoms. The summed E-state index contributed by atoms with van der Waals surface area (Å²) in [4.78, 5) is 23.6. The Labute approximate surface area is 156 Å². The highest BCUT2D eigenvalue weighted by Gasteiger charge is 2.15. The van der Waals surface area contributed by atoms with Gasteiger partial charge in [-0.3, -0.25) is 14.9 Å². The van der Waals surface area contributed by atoms with Gasteiger partial charge < -0.3 is 4.42 Å². The van der Waals surface area contributed by atoms with Crippen LogP contribution >= 0.6 is 0 Å². The summed E-state index contributed by atoms with van der Waals surface area (Å²) < 4.78 is 5.61. The third kappa shape index (κ3) is 3.65. The van der Waals surface area contributed by atoms with Crippen molar-refractivity contribution in [1.29, 1.82) is 0 Å². The van der Waals surface area contributed by atoms with Crippen molar-refractivity contribution in [1.82, 2.24) is 10.2 Å². The molecule has 27 heavy (non-hydrogen) atoms. The summed E-state index contributed by atoms with van der Waals surface area (Å²) in [6.45, 7) is 1.48. The Kier molecular flexibility index (Phi) is 4.54. The summed E-state index contributed by atoms with van der Waals surface area (Å²) >= 11 is 0. The van der Waals surface area contributed by atoms with E-state index in [9.17, 15) is 9.59 Å². The van der Waals surface area contributed by atoms with Crippen molar-refractivity contribution >= 4 is 17.7 Å². The van der Waals surface area contributed by atoms with Gasteiger partial charge in [-0.15, -0.1) is 5.10 Å². The number of aromatic nitrogens is 2. The van der Waals surface area contributed by atoms with Crippen LogP contribution in [0.1, 0.15) is 51.6 Å². The highest BCUT2D eigenvalue weighted by molar-refractivity contribution is 6.04. The predicted molar refractivity (Wildman–Crippen MR) is 101 cm³/mol. The van der Waals surface area contributed by atoms with E-state index in [2.05, 4.69) is 27.6 Å². The minimum atomic E-state index is -0.370. The number of fused-ring (bicyclic) bond motifs is 1. The molecule has 2 aromatic carbocycles. The molecule has 1 N–H and O–H groups in total. The second kappa shape index (κ2) is 7.15. The molecule has 1 heterocycles. The first-order valence-electron chi connectivity index (χ1n) is 8.98. The number of aryl methyl sites for hydroxylation is 2. The molecular weight excluding hydrogens is 342 g/mol. The van der Waals surface area contributed by atoms with Crippen LogP contribution < -0.4 is 5.32 Å². The SMILES string of the molecule is CC(=O)c1ccc(C(=O)Nc2nnc(-c3ccc4c(c3)CCCC4)o2)cc1. The van der Waals surface area contributed by atoms with Gasteiger partial charge in [0.2, 0.25) is 5.89 Å². The van der Waals surface area contributed by atoms with Crippen molar-refractivity contribution in [3.8, 4) is 11.5 Å². The number of carbonyl (C=O) groups excluding carboxylic acids is 2. The fourth-order valence-corrected chi connectivity index (χ4v) is 3.28. The van der Waals surface area contributed by atoms with Gasteiger partial charge in [0.15, 0.2) is 5.78 Å². The molecule has 0 saturated heterocycles. The number of amides is 1. The van der Waals surface area contributed by atoms with Crippen LogP contribution in [0, 0.1) is 0 Å². The summed E-state index contributed by atoms with van der Waals surface area (Å²) in [5.41, 5.74) is 4.53. The molecule has 0 radical (unpaired) electrons. The maximum Gasteiger partial charge on any atom is 0.322 e. The second-order valence-corrected chi connectivity index (χ2v) is 6.69. The number of benzene rings is 2. The van der Waals surface area contributed by atoms with E-state index in [1.54, 1.807) is 24.3 Å². The molecule has 6 heteroatoms. The van der Waals surface area contributed by atoms with Crippen LogP contribution in [0.5, 0.6) is 0 Å². The van der Waals surface area contributed by atoms with E-state index in [1.807, 2.05) is 6.07 Å². The lowest BCUT2D eigenvalue weighted by Crippen LogP contribution is -2.12. The minimum absolute atomic E-state index is 0.0448. The molecule has 0 atom stereocenters. The lowest BCUT2D eigenvalue weighted by atomic mass is 9.90. The zero-order valence-corrected chi connectivity index (χ0v) is 15.0. The fourth-order valence-electron chi connectivity index (χ4n) is 3.28. The molecule has 136 valence electrons. The molecule has 1 aromatic heterocycles. The number of hydrogen-bond acceptors (Lipinski definition) is 5. The van der Waals surface area contributed by atoms with Gasteiger partial charge in [-0.1, -0.05) is 23.3 Å². The van der Waals surface area contributed by atoms with Gasteiger partial charge in [0.1, 0.15) is 0 Å². The third-order valence-electron chi connectivity index (χ3n) is 4.79. The molecular formula is C21H19N3O3. The molecule has 0 unspecified atom stereocenters. The molecule has 0 aliphatic heterocycles. The van der Waals surface area contributed by atoms with Crippen LogP contribution in [0.15, 0.2) is 46.9 Å².